The summed E-state index contributed by atoms with van der Waals surface area (Å²) in [6.45, 7) is 7.59. The van der Waals surface area contributed by atoms with E-state index in [1.165, 1.54) is 23.0 Å². The number of halogens is 1. The molecule has 3 aromatic carbocycles. The smallest absolute Gasteiger partial charge is 0.242 e. The van der Waals surface area contributed by atoms with Crippen LogP contribution < -0.4 is 14.5 Å². The number of aromatic hydroxyl groups is 1. The number of carbonyl (C=O) groups is 4. The van der Waals surface area contributed by atoms with Crippen LogP contribution in [0.1, 0.15) is 42.4 Å². The van der Waals surface area contributed by atoms with Gasteiger partial charge in [-0.2, -0.15) is 5.10 Å². The summed E-state index contributed by atoms with van der Waals surface area (Å²) in [5.74, 6) is -4.35. The number of aryl methyl sites for hydroxylation is 2. The van der Waals surface area contributed by atoms with Crippen molar-refractivity contribution in [3.8, 4) is 22.1 Å². The zero-order valence-corrected chi connectivity index (χ0v) is 32.1. The molecule has 278 valence electrons. The Morgan fingerprint density at radius 2 is 1.75 bits per heavy atom. The van der Waals surface area contributed by atoms with E-state index in [9.17, 15) is 19.5 Å². The maximum absolute atomic E-state index is 15.1. The zero-order chi connectivity index (χ0) is 38.7. The molecular formula is C43H37ClN4O6S. The van der Waals surface area contributed by atoms with E-state index < -0.39 is 46.8 Å². The van der Waals surface area contributed by atoms with E-state index in [0.717, 1.165) is 31.7 Å². The molecule has 2 aliphatic heterocycles. The number of phenols is 1. The molecule has 9 rings (SSSR count). The van der Waals surface area contributed by atoms with Gasteiger partial charge in [0.05, 0.1) is 40.8 Å². The van der Waals surface area contributed by atoms with E-state index in [2.05, 4.69) is 6.58 Å². The number of aromatic nitrogens is 2. The summed E-state index contributed by atoms with van der Waals surface area (Å²) in [4.78, 5) is 61.9. The van der Waals surface area contributed by atoms with Crippen molar-refractivity contribution < 1.29 is 29.0 Å². The first-order valence-corrected chi connectivity index (χ1v) is 19.3. The SMILES string of the molecule is C=Cc1ccc(N2C(=O)[C@H]3[C@H](CC=C4[C@H]3C[C@H]3C(=O)N(c5cc(-c6sc7ccc(Cl)cc7c6C)nn5C)C(=O)[C@@]3(C)[C@H]4c3ccc(OC)cc3O)C2=O)cc1. The van der Waals surface area contributed by atoms with Gasteiger partial charge in [0.2, 0.25) is 23.6 Å². The van der Waals surface area contributed by atoms with Crippen LogP contribution in [0.2, 0.25) is 5.02 Å². The maximum atomic E-state index is 15.1. The Labute approximate surface area is 326 Å². The average molecular weight is 773 g/mol. The van der Waals surface area contributed by atoms with Gasteiger partial charge in [0.1, 0.15) is 23.0 Å². The predicted molar refractivity (Wildman–Crippen MR) is 212 cm³/mol. The van der Waals surface area contributed by atoms with E-state index in [1.54, 1.807) is 66.4 Å². The van der Waals surface area contributed by atoms with Gasteiger partial charge in [-0.3, -0.25) is 28.8 Å². The summed E-state index contributed by atoms with van der Waals surface area (Å²) in [6.07, 6.45) is 4.13. The monoisotopic (exact) mass is 772 g/mol. The van der Waals surface area contributed by atoms with Crippen molar-refractivity contribution in [2.45, 2.75) is 32.6 Å². The Bertz CT molecular complexity index is 2550. The van der Waals surface area contributed by atoms with Crippen LogP contribution in [0.5, 0.6) is 11.5 Å². The molecule has 2 saturated heterocycles. The highest BCUT2D eigenvalue weighted by atomic mass is 35.5. The van der Waals surface area contributed by atoms with Gasteiger partial charge < -0.3 is 9.84 Å². The molecule has 10 nitrogen and oxygen atoms in total. The summed E-state index contributed by atoms with van der Waals surface area (Å²) in [5.41, 5.74) is 2.82. The predicted octanol–water partition coefficient (Wildman–Crippen LogP) is 8.06. The van der Waals surface area contributed by atoms with E-state index >= 15 is 4.79 Å². The van der Waals surface area contributed by atoms with Gasteiger partial charge in [-0.25, -0.2) is 4.90 Å². The number of methoxy groups -OCH3 is 1. The molecule has 0 spiro atoms. The fraction of sp³-hybridized carbons (Fsp3) is 0.279. The lowest BCUT2D eigenvalue weighted by Gasteiger charge is -2.49. The van der Waals surface area contributed by atoms with Crippen LogP contribution in [0.4, 0.5) is 11.5 Å². The molecule has 2 aromatic heterocycles. The van der Waals surface area contributed by atoms with Gasteiger partial charge in [-0.15, -0.1) is 11.3 Å². The Morgan fingerprint density at radius 1 is 0.982 bits per heavy atom. The number of nitrogens with zero attached hydrogens (tertiary/aromatic N) is 4. The number of rotatable bonds is 6. The molecule has 0 radical (unpaired) electrons. The third kappa shape index (κ3) is 4.95. The minimum Gasteiger partial charge on any atom is -0.508 e. The van der Waals surface area contributed by atoms with E-state index in [4.69, 9.17) is 21.4 Å². The average Bonchev–Trinajstić information content (AvgIpc) is 3.85. The summed E-state index contributed by atoms with van der Waals surface area (Å²) < 4.78 is 7.99. The number of fused-ring (bicyclic) bond motifs is 5. The maximum Gasteiger partial charge on any atom is 0.242 e. The molecule has 4 heterocycles. The lowest BCUT2D eigenvalue weighted by Crippen LogP contribution is -2.49. The van der Waals surface area contributed by atoms with Gasteiger partial charge in [-0.1, -0.05) is 54.1 Å². The highest BCUT2D eigenvalue weighted by Gasteiger charge is 2.68. The molecule has 55 heavy (non-hydrogen) atoms. The number of phenolic OH excluding ortho intramolecular Hbond substituents is 1. The fourth-order valence-corrected chi connectivity index (χ4v) is 11.0. The lowest BCUT2D eigenvalue weighted by molar-refractivity contribution is -0.131. The quantitative estimate of drug-likeness (QED) is 0.137. The summed E-state index contributed by atoms with van der Waals surface area (Å²) >= 11 is 7.88. The number of hydrogen-bond donors (Lipinski definition) is 1. The number of allylic oxidation sites excluding steroid dienone is 2. The van der Waals surface area contributed by atoms with Gasteiger partial charge in [0.25, 0.3) is 0 Å². The van der Waals surface area contributed by atoms with Crippen molar-refractivity contribution >= 4 is 74.2 Å². The van der Waals surface area contributed by atoms with E-state index in [1.807, 2.05) is 43.3 Å². The first-order chi connectivity index (χ1) is 26.4. The van der Waals surface area contributed by atoms with Gasteiger partial charge in [-0.05, 0) is 85.5 Å². The van der Waals surface area contributed by atoms with Crippen molar-refractivity contribution in [3.63, 3.8) is 0 Å². The van der Waals surface area contributed by atoms with Crippen LogP contribution in [0.15, 0.2) is 85.0 Å². The minimum absolute atomic E-state index is 0.0902. The first-order valence-electron chi connectivity index (χ1n) is 18.2. The van der Waals surface area contributed by atoms with Crippen LogP contribution in [-0.2, 0) is 26.2 Å². The highest BCUT2D eigenvalue weighted by Crippen LogP contribution is 2.64. The van der Waals surface area contributed by atoms with Crippen molar-refractivity contribution in [2.75, 3.05) is 16.9 Å². The molecule has 1 saturated carbocycles. The Hall–Kier alpha value is -5.52. The summed E-state index contributed by atoms with van der Waals surface area (Å²) in [6, 6.07) is 19.5. The topological polar surface area (TPSA) is 122 Å². The van der Waals surface area contributed by atoms with E-state index in [0.29, 0.717) is 33.5 Å². The number of thiophene rings is 1. The third-order valence-corrected chi connectivity index (χ3v) is 14.0. The number of amides is 4. The van der Waals surface area contributed by atoms with Crippen molar-refractivity contribution in [2.24, 2.45) is 36.1 Å². The molecule has 1 N–H and O–H groups in total. The number of hydrogen-bond acceptors (Lipinski definition) is 8. The number of ether oxygens (including phenoxy) is 1. The number of anilines is 2. The van der Waals surface area contributed by atoms with Gasteiger partial charge in [0.15, 0.2) is 0 Å². The van der Waals surface area contributed by atoms with Gasteiger partial charge in [0, 0.05) is 40.4 Å². The second kappa shape index (κ2) is 12.5. The van der Waals surface area contributed by atoms with Crippen LogP contribution in [0.25, 0.3) is 26.7 Å². The summed E-state index contributed by atoms with van der Waals surface area (Å²) in [7, 11) is 3.21. The van der Waals surface area contributed by atoms with Crippen LogP contribution in [0, 0.1) is 36.0 Å². The second-order valence-corrected chi connectivity index (χ2v) is 16.6. The second-order valence-electron chi connectivity index (χ2n) is 15.1. The number of carbonyl (C=O) groups excluding carboxylic acids is 4. The lowest BCUT2D eigenvalue weighted by atomic mass is 9.51. The molecule has 6 atom stereocenters. The Balaban J connectivity index is 1.15. The Kier molecular flexibility index (Phi) is 8.00. The molecule has 2 aliphatic carbocycles. The van der Waals surface area contributed by atoms with Gasteiger partial charge >= 0.3 is 0 Å². The van der Waals surface area contributed by atoms with Crippen LogP contribution >= 0.6 is 22.9 Å². The molecule has 0 bridgehead atoms. The van der Waals surface area contributed by atoms with Crippen molar-refractivity contribution in [3.05, 3.63) is 107 Å². The first kappa shape index (κ1) is 35.2. The molecular weight excluding hydrogens is 736 g/mol. The molecule has 12 heteroatoms. The number of imide groups is 2. The molecule has 4 aliphatic rings. The van der Waals surface area contributed by atoms with Crippen LogP contribution in [0.3, 0.4) is 0 Å². The standard InChI is InChI=1S/C43H37ClN4O6S/c1-6-22-7-10-24(11-8-22)47-39(50)28-15-14-26-30(36(28)41(47)52)19-31-40(51)48(42(53)43(31,3)37(26)27-13-12-25(54-5)18-33(27)49)35-20-32(45-46(35)4)38-21(2)29-17-23(44)9-16-34(29)55-38/h6-14,16-18,20,28,30-31,36-37,49H,1,15,19H2,2-5H3/t28-,30+,31-,36-,37+,43+/m0/s1. The Morgan fingerprint density at radius 3 is 2.45 bits per heavy atom. The highest BCUT2D eigenvalue weighted by molar-refractivity contribution is 7.22. The third-order valence-electron chi connectivity index (χ3n) is 12.4. The molecule has 5 aromatic rings. The van der Waals surface area contributed by atoms with Crippen LogP contribution in [-0.4, -0.2) is 45.6 Å². The normalized spacial score (nSPS) is 26.0. The van der Waals surface area contributed by atoms with Crippen molar-refractivity contribution in [1.82, 2.24) is 9.78 Å². The molecule has 0 unspecified atom stereocenters. The minimum atomic E-state index is -1.35. The summed E-state index contributed by atoms with van der Waals surface area (Å²) in [5, 5.41) is 18.0. The fourth-order valence-electron chi connectivity index (χ4n) is 9.70. The van der Waals surface area contributed by atoms with Crippen molar-refractivity contribution in [1.29, 1.82) is 0 Å². The molecule has 3 fully saturated rings. The van der Waals surface area contributed by atoms with E-state index in [-0.39, 0.29) is 30.4 Å². The largest absolute Gasteiger partial charge is 0.508 e. The molecule has 4 amide bonds. The zero-order valence-electron chi connectivity index (χ0n) is 30.6. The number of benzene rings is 3.